The Morgan fingerprint density at radius 2 is 1.42 bits per heavy atom. The summed E-state index contributed by atoms with van der Waals surface area (Å²) < 4.78 is 93.6. The highest BCUT2D eigenvalue weighted by molar-refractivity contribution is 7.87. The Balaban J connectivity index is 2.40. The van der Waals surface area contributed by atoms with Gasteiger partial charge in [0, 0.05) is 42.0 Å². The van der Waals surface area contributed by atoms with E-state index in [1.165, 1.54) is 12.1 Å². The van der Waals surface area contributed by atoms with Crippen LogP contribution in [0.15, 0.2) is 30.2 Å². The molecule has 0 bridgehead atoms. The molecule has 0 fully saturated rings. The van der Waals surface area contributed by atoms with E-state index in [0.29, 0.717) is 19.4 Å². The number of benzene rings is 1. The van der Waals surface area contributed by atoms with Gasteiger partial charge in [-0.25, -0.2) is 4.79 Å². The quantitative estimate of drug-likeness (QED) is 0.0581. The summed E-state index contributed by atoms with van der Waals surface area (Å²) in [6, 6.07) is 4.65. The lowest BCUT2D eigenvalue weighted by atomic mass is 10.1. The van der Waals surface area contributed by atoms with Gasteiger partial charge in [-0.05, 0) is 24.2 Å². The van der Waals surface area contributed by atoms with E-state index in [0.717, 1.165) is 24.1 Å². The number of rotatable bonds is 16. The summed E-state index contributed by atoms with van der Waals surface area (Å²) in [4.78, 5) is 27.1. The smallest absolute Gasteiger partial charge is 0.467 e. The molecule has 1 amide bonds. The molecule has 1 aliphatic heterocycles. The second-order valence-electron chi connectivity index (χ2n) is 12.1. The van der Waals surface area contributed by atoms with Crippen molar-refractivity contribution >= 4 is 38.1 Å². The first-order valence-corrected chi connectivity index (χ1v) is 22.2. The van der Waals surface area contributed by atoms with Crippen LogP contribution in [-0.2, 0) is 33.3 Å². The number of methoxy groups -OCH3 is 1. The zero-order chi connectivity index (χ0) is 32.6. The first kappa shape index (κ1) is 36.6. The molecule has 43 heavy (non-hydrogen) atoms. The number of amides is 1. The molecular weight excluding hydrogens is 632 g/mol. The Kier molecular flexibility index (Phi) is 12.7. The molecule has 17 heteroatoms. The van der Waals surface area contributed by atoms with Crippen molar-refractivity contribution in [1.29, 1.82) is 0 Å². The van der Waals surface area contributed by atoms with Crippen molar-refractivity contribution in [2.24, 2.45) is 0 Å². The monoisotopic (exact) mass is 671 g/mol. The Bertz CT molecular complexity index is 1220. The van der Waals surface area contributed by atoms with Crippen LogP contribution in [0.5, 0.6) is 11.5 Å². The van der Waals surface area contributed by atoms with E-state index < -0.39 is 61.9 Å². The minimum Gasteiger partial charge on any atom is -0.467 e. The summed E-state index contributed by atoms with van der Waals surface area (Å²) in [6.45, 7) is 13.5. The average Bonchev–Trinajstić information content (AvgIpc) is 3.28. The fraction of sp³-hybridized carbons (Fsp3) is 0.615. The molecule has 0 spiro atoms. The summed E-state index contributed by atoms with van der Waals surface area (Å²) in [5, 5.41) is 0. The molecule has 11 nitrogen and oxygen atoms in total. The average molecular weight is 672 g/mol. The van der Waals surface area contributed by atoms with Crippen molar-refractivity contribution < 1.29 is 59.0 Å². The standard InChI is InChI=1S/C26H40F3NO10SSi2/c1-35-25(32)20-15-19(40-41(33,34)26(27,28)29)16-30(20)24(31)23-21(38-17-36-11-13-42(2,3)4)9-8-10-22(23)39-18-37-12-14-43(5,6)7/h8-10,16,20H,11-15,17-18H2,1-7H3/t20-/m0/s1. The van der Waals surface area contributed by atoms with Gasteiger partial charge in [-0.3, -0.25) is 9.69 Å². The van der Waals surface area contributed by atoms with Gasteiger partial charge >= 0.3 is 21.6 Å². The van der Waals surface area contributed by atoms with Crippen LogP contribution in [0.25, 0.3) is 0 Å². The van der Waals surface area contributed by atoms with Gasteiger partial charge in [0.15, 0.2) is 13.6 Å². The van der Waals surface area contributed by atoms with Gasteiger partial charge in [0.1, 0.15) is 28.9 Å². The minimum atomic E-state index is -6.06. The van der Waals surface area contributed by atoms with Gasteiger partial charge < -0.3 is 27.9 Å². The van der Waals surface area contributed by atoms with E-state index in [1.54, 1.807) is 6.07 Å². The van der Waals surface area contributed by atoms with Gasteiger partial charge in [-0.2, -0.15) is 21.6 Å². The molecule has 244 valence electrons. The fourth-order valence-corrected chi connectivity index (χ4v) is 5.54. The van der Waals surface area contributed by atoms with Crippen molar-refractivity contribution in [2.45, 2.75) is 69.3 Å². The topological polar surface area (TPSA) is 127 Å². The van der Waals surface area contributed by atoms with E-state index in [4.69, 9.17) is 23.7 Å². The third-order valence-electron chi connectivity index (χ3n) is 6.01. The molecule has 1 heterocycles. The van der Waals surface area contributed by atoms with Crippen LogP contribution in [-0.4, -0.2) is 86.8 Å². The van der Waals surface area contributed by atoms with Crippen LogP contribution in [0.2, 0.25) is 51.4 Å². The summed E-state index contributed by atoms with van der Waals surface area (Å²) >= 11 is 0. The third-order valence-corrected chi connectivity index (χ3v) is 10.4. The number of ether oxygens (including phenoxy) is 5. The maximum absolute atomic E-state index is 13.9. The molecule has 0 aliphatic carbocycles. The van der Waals surface area contributed by atoms with Gasteiger partial charge in [-0.15, -0.1) is 0 Å². The van der Waals surface area contributed by atoms with E-state index in [2.05, 4.69) is 43.5 Å². The predicted molar refractivity (Wildman–Crippen MR) is 156 cm³/mol. The maximum atomic E-state index is 13.9. The Morgan fingerprint density at radius 1 is 0.930 bits per heavy atom. The number of nitrogens with zero attached hydrogens (tertiary/aromatic N) is 1. The van der Waals surface area contributed by atoms with Crippen molar-refractivity contribution in [1.82, 2.24) is 4.90 Å². The van der Waals surface area contributed by atoms with Crippen LogP contribution >= 0.6 is 0 Å². The largest absolute Gasteiger partial charge is 0.534 e. The molecule has 0 saturated carbocycles. The van der Waals surface area contributed by atoms with Crippen LogP contribution in [0.4, 0.5) is 13.2 Å². The van der Waals surface area contributed by atoms with Crippen molar-refractivity contribution in [3.63, 3.8) is 0 Å². The number of carbonyl (C=O) groups excluding carboxylic acids is 2. The Labute approximate surface area is 252 Å². The number of esters is 1. The van der Waals surface area contributed by atoms with Gasteiger partial charge in [0.25, 0.3) is 5.91 Å². The first-order chi connectivity index (χ1) is 19.8. The van der Waals surface area contributed by atoms with Crippen LogP contribution in [0.3, 0.4) is 0 Å². The summed E-state index contributed by atoms with van der Waals surface area (Å²) in [7, 11) is -7.81. The van der Waals surface area contributed by atoms with Crippen LogP contribution < -0.4 is 9.47 Å². The highest BCUT2D eigenvalue weighted by Gasteiger charge is 2.50. The highest BCUT2D eigenvalue weighted by Crippen LogP contribution is 2.36. The lowest BCUT2D eigenvalue weighted by Crippen LogP contribution is -2.39. The molecule has 1 aliphatic rings. The second kappa shape index (κ2) is 14.9. The second-order valence-corrected chi connectivity index (χ2v) is 24.9. The molecule has 1 atom stereocenters. The number of hydrogen-bond acceptors (Lipinski definition) is 10. The molecule has 2 rings (SSSR count). The molecular formula is C26H40F3NO10SSi2. The van der Waals surface area contributed by atoms with Crippen molar-refractivity contribution in [3.05, 3.63) is 35.7 Å². The van der Waals surface area contributed by atoms with Gasteiger partial charge in [0.2, 0.25) is 0 Å². The van der Waals surface area contributed by atoms with Crippen LogP contribution in [0.1, 0.15) is 16.8 Å². The summed E-state index contributed by atoms with van der Waals surface area (Å²) in [5.74, 6) is -2.77. The summed E-state index contributed by atoms with van der Waals surface area (Å²) in [5.41, 5.74) is -5.92. The van der Waals surface area contributed by atoms with E-state index in [9.17, 15) is 31.2 Å². The van der Waals surface area contributed by atoms with Gasteiger partial charge in [-0.1, -0.05) is 45.3 Å². The summed E-state index contributed by atoms with van der Waals surface area (Å²) in [6.07, 6.45) is 0.0230. The van der Waals surface area contributed by atoms with E-state index in [-0.39, 0.29) is 30.6 Å². The number of hydrogen-bond donors (Lipinski definition) is 0. The first-order valence-electron chi connectivity index (χ1n) is 13.4. The van der Waals surface area contributed by atoms with E-state index >= 15 is 0 Å². The lowest BCUT2D eigenvalue weighted by molar-refractivity contribution is -0.144. The molecule has 0 aromatic heterocycles. The molecule has 0 saturated heterocycles. The Morgan fingerprint density at radius 3 is 1.84 bits per heavy atom. The zero-order valence-corrected chi connectivity index (χ0v) is 28.2. The molecule has 0 unspecified atom stereocenters. The predicted octanol–water partition coefficient (Wildman–Crippen LogP) is 5.16. The SMILES string of the molecule is COC(=O)[C@@H]1CC(OS(=O)(=O)C(F)(F)F)=CN1C(=O)c1c(OCOCC[Si](C)(C)C)cccc1OCOCC[Si](C)(C)C. The number of halogens is 3. The Hall–Kier alpha value is -2.61. The molecule has 0 N–H and O–H groups in total. The van der Waals surface area contributed by atoms with Crippen molar-refractivity contribution in [2.75, 3.05) is 33.9 Å². The minimum absolute atomic E-state index is 0.00750. The van der Waals surface area contributed by atoms with E-state index in [1.807, 2.05) is 0 Å². The number of alkyl halides is 3. The maximum Gasteiger partial charge on any atom is 0.534 e. The van der Waals surface area contributed by atoms with Crippen LogP contribution in [0, 0.1) is 0 Å². The molecule has 1 aromatic rings. The third kappa shape index (κ3) is 11.4. The normalized spacial score (nSPS) is 16.1. The van der Waals surface area contributed by atoms with Crippen molar-refractivity contribution in [3.8, 4) is 11.5 Å². The highest BCUT2D eigenvalue weighted by atomic mass is 32.2. The number of carbonyl (C=O) groups is 2. The molecule has 1 aromatic carbocycles. The lowest BCUT2D eigenvalue weighted by Gasteiger charge is -2.24. The zero-order valence-electron chi connectivity index (χ0n) is 25.4. The molecule has 0 radical (unpaired) electrons. The fourth-order valence-electron chi connectivity index (χ4n) is 3.54. The van der Waals surface area contributed by atoms with Gasteiger partial charge in [0.05, 0.1) is 7.11 Å².